The molecule has 0 aliphatic carbocycles. The minimum absolute atomic E-state index is 0.118. The number of rotatable bonds is 2. The second-order valence-electron chi connectivity index (χ2n) is 6.88. The first kappa shape index (κ1) is 18.1. The normalized spacial score (nSPS) is 15.2. The number of piperidine rings is 1. The lowest BCUT2D eigenvalue weighted by molar-refractivity contribution is 0.193. The minimum Gasteiger partial charge on any atom is -0.333 e. The summed E-state index contributed by atoms with van der Waals surface area (Å²) in [6.07, 6.45) is 2.91. The standard InChI is InChI=1S/C19H19F2N5O2/c1-24-16(11-18(27)26-17(24)4-7-22-26)12-5-8-25(9-6-12)19(28)23-15-10-13(20)2-3-14(15)21/h2-4,7,10-12H,5-6,8-9H2,1H3,(H,23,28). The Hall–Kier alpha value is -3.23. The van der Waals surface area contributed by atoms with E-state index in [1.54, 1.807) is 23.2 Å². The van der Waals surface area contributed by atoms with Crippen LogP contribution in [-0.4, -0.2) is 38.2 Å². The molecular formula is C19H19F2N5O2. The molecule has 0 saturated carbocycles. The first-order valence-electron chi connectivity index (χ1n) is 8.98. The van der Waals surface area contributed by atoms with Crippen molar-refractivity contribution in [2.45, 2.75) is 18.8 Å². The number of fused-ring (bicyclic) bond motifs is 1. The van der Waals surface area contributed by atoms with Crippen molar-refractivity contribution in [3.8, 4) is 0 Å². The van der Waals surface area contributed by atoms with Crippen LogP contribution in [0.3, 0.4) is 0 Å². The maximum Gasteiger partial charge on any atom is 0.321 e. The van der Waals surface area contributed by atoms with Crippen LogP contribution >= 0.6 is 0 Å². The molecule has 28 heavy (non-hydrogen) atoms. The first-order chi connectivity index (χ1) is 13.4. The lowest BCUT2D eigenvalue weighted by Gasteiger charge is -2.33. The van der Waals surface area contributed by atoms with Gasteiger partial charge in [0.05, 0.1) is 11.9 Å². The number of nitrogens with zero attached hydrogens (tertiary/aromatic N) is 4. The highest BCUT2D eigenvalue weighted by molar-refractivity contribution is 5.89. The van der Waals surface area contributed by atoms with Crippen molar-refractivity contribution in [1.29, 1.82) is 0 Å². The van der Waals surface area contributed by atoms with Gasteiger partial charge < -0.3 is 14.8 Å². The van der Waals surface area contributed by atoms with E-state index in [0.29, 0.717) is 31.6 Å². The highest BCUT2D eigenvalue weighted by Crippen LogP contribution is 2.28. The van der Waals surface area contributed by atoms with E-state index in [-0.39, 0.29) is 17.2 Å². The summed E-state index contributed by atoms with van der Waals surface area (Å²) in [4.78, 5) is 26.2. The second-order valence-corrected chi connectivity index (χ2v) is 6.88. The first-order valence-corrected chi connectivity index (χ1v) is 8.98. The van der Waals surface area contributed by atoms with Gasteiger partial charge in [0.2, 0.25) is 0 Å². The van der Waals surface area contributed by atoms with Crippen LogP contribution in [0.1, 0.15) is 24.5 Å². The molecule has 0 unspecified atom stereocenters. The Labute approximate surface area is 159 Å². The third-order valence-electron chi connectivity index (χ3n) is 5.20. The fraction of sp³-hybridized carbons (Fsp3) is 0.316. The highest BCUT2D eigenvalue weighted by atomic mass is 19.1. The van der Waals surface area contributed by atoms with Crippen LogP contribution in [0.5, 0.6) is 0 Å². The zero-order valence-corrected chi connectivity index (χ0v) is 15.2. The SMILES string of the molecule is Cn1c(C2CCN(C(=O)Nc3cc(F)ccc3F)CC2)cc(=O)n2nccc12. The maximum atomic E-state index is 13.7. The third kappa shape index (κ3) is 3.23. The number of hydrogen-bond donors (Lipinski definition) is 1. The van der Waals surface area contributed by atoms with E-state index in [9.17, 15) is 18.4 Å². The molecule has 4 rings (SSSR count). The van der Waals surface area contributed by atoms with E-state index < -0.39 is 17.7 Å². The quantitative estimate of drug-likeness (QED) is 0.735. The number of aromatic nitrogens is 3. The maximum absolute atomic E-state index is 13.7. The lowest BCUT2D eigenvalue weighted by Crippen LogP contribution is -2.41. The predicted molar refractivity (Wildman–Crippen MR) is 99.4 cm³/mol. The summed E-state index contributed by atoms with van der Waals surface area (Å²) in [5, 5.41) is 6.44. The minimum atomic E-state index is -0.686. The molecule has 3 heterocycles. The van der Waals surface area contributed by atoms with E-state index in [2.05, 4.69) is 10.4 Å². The smallest absolute Gasteiger partial charge is 0.321 e. The Kier molecular flexibility index (Phi) is 4.58. The van der Waals surface area contributed by atoms with E-state index in [1.165, 1.54) is 4.52 Å². The van der Waals surface area contributed by atoms with Crippen LogP contribution in [0.2, 0.25) is 0 Å². The fourth-order valence-corrected chi connectivity index (χ4v) is 3.69. The molecular weight excluding hydrogens is 368 g/mol. The van der Waals surface area contributed by atoms with Gasteiger partial charge in [-0.25, -0.2) is 13.6 Å². The van der Waals surface area contributed by atoms with E-state index in [4.69, 9.17) is 0 Å². The number of aryl methyl sites for hydroxylation is 1. The highest BCUT2D eigenvalue weighted by Gasteiger charge is 2.26. The van der Waals surface area contributed by atoms with Gasteiger partial charge in [-0.15, -0.1) is 0 Å². The molecule has 1 aromatic carbocycles. The number of carbonyl (C=O) groups is 1. The molecule has 0 atom stereocenters. The number of amides is 2. The number of benzene rings is 1. The summed E-state index contributed by atoms with van der Waals surface area (Å²) >= 11 is 0. The molecule has 2 aromatic heterocycles. The van der Waals surface area contributed by atoms with Gasteiger partial charge in [-0.3, -0.25) is 4.79 Å². The molecule has 9 heteroatoms. The Morgan fingerprint density at radius 1 is 1.18 bits per heavy atom. The van der Waals surface area contributed by atoms with Crippen molar-refractivity contribution in [2.75, 3.05) is 18.4 Å². The summed E-state index contributed by atoms with van der Waals surface area (Å²) < 4.78 is 30.3. The molecule has 146 valence electrons. The largest absolute Gasteiger partial charge is 0.333 e. The summed E-state index contributed by atoms with van der Waals surface area (Å²) in [5.74, 6) is -1.19. The van der Waals surface area contributed by atoms with Gasteiger partial charge in [0.15, 0.2) is 0 Å². The van der Waals surface area contributed by atoms with Gasteiger partial charge in [-0.1, -0.05) is 0 Å². The van der Waals surface area contributed by atoms with E-state index >= 15 is 0 Å². The van der Waals surface area contributed by atoms with Gasteiger partial charge in [0, 0.05) is 49.9 Å². The number of nitrogens with one attached hydrogen (secondary N) is 1. The average molecular weight is 387 g/mol. The number of likely N-dealkylation sites (tertiary alicyclic amines) is 1. The molecule has 0 radical (unpaired) electrons. The monoisotopic (exact) mass is 387 g/mol. The number of urea groups is 1. The van der Waals surface area contributed by atoms with Gasteiger partial charge in [0.25, 0.3) is 5.56 Å². The van der Waals surface area contributed by atoms with Gasteiger partial charge in [-0.2, -0.15) is 9.61 Å². The molecule has 0 spiro atoms. The molecule has 1 aliphatic rings. The molecule has 7 nitrogen and oxygen atoms in total. The molecule has 1 saturated heterocycles. The van der Waals surface area contributed by atoms with Crippen LogP contribution < -0.4 is 10.9 Å². The Balaban J connectivity index is 1.46. The molecule has 1 fully saturated rings. The van der Waals surface area contributed by atoms with Crippen molar-refractivity contribution in [2.24, 2.45) is 7.05 Å². The number of halogens is 2. The Morgan fingerprint density at radius 2 is 1.93 bits per heavy atom. The van der Waals surface area contributed by atoms with Crippen LogP contribution in [0.15, 0.2) is 41.3 Å². The molecule has 0 bridgehead atoms. The van der Waals surface area contributed by atoms with Crippen molar-refractivity contribution in [3.05, 3.63) is 64.2 Å². The molecule has 2 amide bonds. The van der Waals surface area contributed by atoms with E-state index in [0.717, 1.165) is 23.9 Å². The second kappa shape index (κ2) is 7.06. The van der Waals surface area contributed by atoms with Crippen LogP contribution in [-0.2, 0) is 7.05 Å². The molecule has 3 aromatic rings. The molecule has 1 aliphatic heterocycles. The number of anilines is 1. The number of carbonyl (C=O) groups excluding carboxylic acids is 1. The van der Waals surface area contributed by atoms with Gasteiger partial charge in [0.1, 0.15) is 17.3 Å². The predicted octanol–water partition coefficient (Wildman–Crippen LogP) is 2.72. The fourth-order valence-electron chi connectivity index (χ4n) is 3.69. The third-order valence-corrected chi connectivity index (χ3v) is 5.20. The number of hydrogen-bond acceptors (Lipinski definition) is 3. The topological polar surface area (TPSA) is 71.6 Å². The molecule has 1 N–H and O–H groups in total. The zero-order valence-electron chi connectivity index (χ0n) is 15.2. The Morgan fingerprint density at radius 3 is 2.68 bits per heavy atom. The van der Waals surface area contributed by atoms with Crippen LogP contribution in [0.4, 0.5) is 19.3 Å². The van der Waals surface area contributed by atoms with E-state index in [1.807, 2.05) is 11.6 Å². The summed E-state index contributed by atoms with van der Waals surface area (Å²) in [7, 11) is 1.89. The van der Waals surface area contributed by atoms with Crippen molar-refractivity contribution in [3.63, 3.8) is 0 Å². The van der Waals surface area contributed by atoms with Gasteiger partial charge >= 0.3 is 6.03 Å². The van der Waals surface area contributed by atoms with Crippen molar-refractivity contribution in [1.82, 2.24) is 19.1 Å². The van der Waals surface area contributed by atoms with Crippen LogP contribution in [0, 0.1) is 11.6 Å². The van der Waals surface area contributed by atoms with Gasteiger partial charge in [-0.05, 0) is 25.0 Å². The summed E-state index contributed by atoms with van der Waals surface area (Å²) in [6, 6.07) is 5.82. The van der Waals surface area contributed by atoms with Crippen LogP contribution in [0.25, 0.3) is 5.65 Å². The zero-order chi connectivity index (χ0) is 19.8. The van der Waals surface area contributed by atoms with Crippen molar-refractivity contribution < 1.29 is 13.6 Å². The Bertz CT molecular complexity index is 1100. The summed E-state index contributed by atoms with van der Waals surface area (Å²) in [5.41, 5.74) is 1.24. The average Bonchev–Trinajstić information content (AvgIpc) is 3.18. The summed E-state index contributed by atoms with van der Waals surface area (Å²) in [6.45, 7) is 0.901. The lowest BCUT2D eigenvalue weighted by atomic mass is 9.93. The van der Waals surface area contributed by atoms with Crippen molar-refractivity contribution >= 4 is 17.4 Å².